The first-order valence-electron chi connectivity index (χ1n) is 9.13. The Kier molecular flexibility index (Phi) is 5.42. The van der Waals surface area contributed by atoms with Crippen LogP contribution in [0.3, 0.4) is 0 Å². The molecule has 1 atom stereocenters. The van der Waals surface area contributed by atoms with Gasteiger partial charge in [-0.3, -0.25) is 8.98 Å². The standard InChI is InChI=1S/C19H27NO5S/c1-3-24-17(21)19-11-9-18(10-12-19,13-16(19)25-26(2,22)23)20-14-15-7-5-4-6-8-15/h4-8,16,20H,3,9-14H2,1-2H3. The third-order valence-corrected chi connectivity index (χ3v) is 6.36. The Balaban J connectivity index is 1.79. The van der Waals surface area contributed by atoms with E-state index in [0.717, 1.165) is 19.1 Å². The van der Waals surface area contributed by atoms with Crippen molar-refractivity contribution in [2.75, 3.05) is 12.9 Å². The zero-order chi connectivity index (χ0) is 18.8. The lowest BCUT2D eigenvalue weighted by Crippen LogP contribution is -2.63. The molecule has 3 fully saturated rings. The average molecular weight is 381 g/mol. The number of ether oxygens (including phenoxy) is 1. The van der Waals surface area contributed by atoms with Crippen LogP contribution >= 0.6 is 0 Å². The number of rotatable bonds is 7. The van der Waals surface area contributed by atoms with Crippen molar-refractivity contribution in [1.82, 2.24) is 5.32 Å². The van der Waals surface area contributed by atoms with E-state index in [-0.39, 0.29) is 18.1 Å². The van der Waals surface area contributed by atoms with Gasteiger partial charge >= 0.3 is 5.97 Å². The molecule has 0 radical (unpaired) electrons. The highest BCUT2D eigenvalue weighted by atomic mass is 32.2. The van der Waals surface area contributed by atoms with Gasteiger partial charge in [0.05, 0.1) is 24.4 Å². The van der Waals surface area contributed by atoms with Gasteiger partial charge in [-0.25, -0.2) is 0 Å². The summed E-state index contributed by atoms with van der Waals surface area (Å²) in [5.41, 5.74) is 0.115. The second-order valence-corrected chi connectivity index (χ2v) is 9.09. The minimum absolute atomic E-state index is 0.209. The van der Waals surface area contributed by atoms with Crippen LogP contribution in [0.1, 0.15) is 44.6 Å². The molecule has 2 bridgehead atoms. The molecule has 1 aromatic carbocycles. The van der Waals surface area contributed by atoms with Crippen molar-refractivity contribution in [1.29, 1.82) is 0 Å². The van der Waals surface area contributed by atoms with E-state index in [9.17, 15) is 13.2 Å². The van der Waals surface area contributed by atoms with E-state index in [4.69, 9.17) is 8.92 Å². The first-order valence-corrected chi connectivity index (χ1v) is 10.9. The van der Waals surface area contributed by atoms with Crippen LogP contribution in [0.25, 0.3) is 0 Å². The van der Waals surface area contributed by atoms with E-state index in [1.165, 1.54) is 5.56 Å². The molecule has 1 aromatic rings. The molecule has 3 aliphatic rings. The third-order valence-electron chi connectivity index (χ3n) is 5.78. The molecule has 0 aliphatic heterocycles. The number of carbonyl (C=O) groups is 1. The van der Waals surface area contributed by atoms with Crippen molar-refractivity contribution in [2.24, 2.45) is 5.41 Å². The molecular formula is C19H27NO5S. The van der Waals surface area contributed by atoms with Gasteiger partial charge in [-0.15, -0.1) is 0 Å². The van der Waals surface area contributed by atoms with Crippen LogP contribution in [0.2, 0.25) is 0 Å². The van der Waals surface area contributed by atoms with Gasteiger partial charge in [0.15, 0.2) is 0 Å². The Hall–Kier alpha value is -1.44. The van der Waals surface area contributed by atoms with E-state index < -0.39 is 21.6 Å². The minimum Gasteiger partial charge on any atom is -0.465 e. The summed E-state index contributed by atoms with van der Waals surface area (Å²) in [6.45, 7) is 2.75. The molecule has 6 nitrogen and oxygen atoms in total. The van der Waals surface area contributed by atoms with Crippen LogP contribution in [0.15, 0.2) is 30.3 Å². The highest BCUT2D eigenvalue weighted by Gasteiger charge is 2.60. The van der Waals surface area contributed by atoms with Gasteiger partial charge in [-0.2, -0.15) is 8.42 Å². The summed E-state index contributed by atoms with van der Waals surface area (Å²) >= 11 is 0. The van der Waals surface area contributed by atoms with Crippen molar-refractivity contribution < 1.29 is 22.1 Å². The Bertz CT molecular complexity index is 738. The maximum atomic E-state index is 12.6. The fraction of sp³-hybridized carbons (Fsp3) is 0.632. The Morgan fingerprint density at radius 2 is 1.85 bits per heavy atom. The van der Waals surface area contributed by atoms with Crippen molar-refractivity contribution in [3.63, 3.8) is 0 Å². The quantitative estimate of drug-likeness (QED) is 0.577. The van der Waals surface area contributed by atoms with Crippen molar-refractivity contribution in [3.8, 4) is 0 Å². The molecule has 3 saturated carbocycles. The van der Waals surface area contributed by atoms with Crippen molar-refractivity contribution in [3.05, 3.63) is 35.9 Å². The third kappa shape index (κ3) is 3.94. The summed E-state index contributed by atoms with van der Waals surface area (Å²) < 4.78 is 34.2. The van der Waals surface area contributed by atoms with Gasteiger partial charge in [0.1, 0.15) is 0 Å². The lowest BCUT2D eigenvalue weighted by Gasteiger charge is -2.55. The van der Waals surface area contributed by atoms with E-state index in [1.54, 1.807) is 6.92 Å². The molecule has 0 saturated heterocycles. The van der Waals surface area contributed by atoms with Gasteiger partial charge in [0.2, 0.25) is 0 Å². The van der Waals surface area contributed by atoms with Crippen LogP contribution in [-0.4, -0.2) is 38.9 Å². The second-order valence-electron chi connectivity index (χ2n) is 7.49. The molecule has 0 heterocycles. The molecule has 26 heavy (non-hydrogen) atoms. The molecule has 1 unspecified atom stereocenters. The van der Waals surface area contributed by atoms with Gasteiger partial charge in [0, 0.05) is 12.1 Å². The predicted molar refractivity (Wildman–Crippen MR) is 97.9 cm³/mol. The maximum Gasteiger partial charge on any atom is 0.314 e. The lowest BCUT2D eigenvalue weighted by atomic mass is 9.55. The van der Waals surface area contributed by atoms with E-state index in [1.807, 2.05) is 18.2 Å². The van der Waals surface area contributed by atoms with Crippen LogP contribution in [0, 0.1) is 5.41 Å². The first-order chi connectivity index (χ1) is 12.3. The maximum absolute atomic E-state index is 12.6. The molecule has 0 aromatic heterocycles. The van der Waals surface area contributed by atoms with E-state index >= 15 is 0 Å². The normalized spacial score (nSPS) is 30.9. The smallest absolute Gasteiger partial charge is 0.314 e. The Morgan fingerprint density at radius 1 is 1.19 bits per heavy atom. The fourth-order valence-corrected chi connectivity index (χ4v) is 5.01. The lowest BCUT2D eigenvalue weighted by molar-refractivity contribution is -0.175. The number of carbonyl (C=O) groups excluding carboxylic acids is 1. The topological polar surface area (TPSA) is 81.7 Å². The SMILES string of the molecule is CCOC(=O)C12CCC(NCc3ccccc3)(CC1)CC2OS(C)(=O)=O. The predicted octanol–water partition coefficient (Wildman–Crippen LogP) is 2.39. The monoisotopic (exact) mass is 381 g/mol. The summed E-state index contributed by atoms with van der Waals surface area (Å²) in [6, 6.07) is 10.1. The van der Waals surface area contributed by atoms with E-state index in [0.29, 0.717) is 25.8 Å². The molecule has 3 aliphatic carbocycles. The first kappa shape index (κ1) is 19.3. The van der Waals surface area contributed by atoms with Gasteiger partial charge in [-0.05, 0) is 44.6 Å². The summed E-state index contributed by atoms with van der Waals surface area (Å²) in [5, 5.41) is 3.62. The van der Waals surface area contributed by atoms with Crippen molar-refractivity contribution >= 4 is 16.1 Å². The second kappa shape index (κ2) is 7.29. The van der Waals surface area contributed by atoms with Crippen molar-refractivity contribution in [2.45, 2.75) is 57.2 Å². The molecule has 0 spiro atoms. The van der Waals surface area contributed by atoms with Gasteiger partial charge in [-0.1, -0.05) is 30.3 Å². The molecule has 4 rings (SSSR count). The molecule has 144 valence electrons. The number of hydrogen-bond acceptors (Lipinski definition) is 6. The minimum atomic E-state index is -3.66. The average Bonchev–Trinajstić information content (AvgIpc) is 2.61. The number of hydrogen-bond donors (Lipinski definition) is 1. The zero-order valence-corrected chi connectivity index (χ0v) is 16.2. The summed E-state index contributed by atoms with van der Waals surface area (Å²) in [6.07, 6.45) is 3.62. The number of esters is 1. The molecular weight excluding hydrogens is 354 g/mol. The number of benzene rings is 1. The van der Waals surface area contributed by atoms with Crippen LogP contribution in [0.5, 0.6) is 0 Å². The van der Waals surface area contributed by atoms with Gasteiger partial charge < -0.3 is 10.1 Å². The molecule has 0 amide bonds. The van der Waals surface area contributed by atoms with Gasteiger partial charge in [0.25, 0.3) is 10.1 Å². The Labute approximate surface area is 155 Å². The molecule has 7 heteroatoms. The van der Waals surface area contributed by atoms with Crippen LogP contribution in [-0.2, 0) is 30.4 Å². The number of nitrogens with one attached hydrogen (secondary N) is 1. The highest BCUT2D eigenvalue weighted by Crippen LogP contribution is 2.54. The highest BCUT2D eigenvalue weighted by molar-refractivity contribution is 7.86. The molecule has 1 N–H and O–H groups in total. The Morgan fingerprint density at radius 3 is 2.42 bits per heavy atom. The largest absolute Gasteiger partial charge is 0.465 e. The fourth-order valence-electron chi connectivity index (χ4n) is 4.33. The van der Waals surface area contributed by atoms with Crippen LogP contribution in [0.4, 0.5) is 0 Å². The van der Waals surface area contributed by atoms with Crippen LogP contribution < -0.4 is 5.32 Å². The number of fused-ring (bicyclic) bond motifs is 3. The summed E-state index contributed by atoms with van der Waals surface area (Å²) in [5.74, 6) is -0.329. The zero-order valence-electron chi connectivity index (χ0n) is 15.4. The van der Waals surface area contributed by atoms with E-state index in [2.05, 4.69) is 17.4 Å². The summed E-state index contributed by atoms with van der Waals surface area (Å²) in [4.78, 5) is 12.6. The summed E-state index contributed by atoms with van der Waals surface area (Å²) in [7, 11) is -3.66.